The van der Waals surface area contributed by atoms with Gasteiger partial charge in [-0.1, -0.05) is 42.8 Å². The lowest BCUT2D eigenvalue weighted by molar-refractivity contribution is 0.167. The molecule has 1 aromatic carbocycles. The summed E-state index contributed by atoms with van der Waals surface area (Å²) in [6.07, 6.45) is 0.902. The fourth-order valence-corrected chi connectivity index (χ4v) is 1.37. The van der Waals surface area contributed by atoms with Gasteiger partial charge in [0.15, 0.2) is 0 Å². The lowest BCUT2D eigenvalue weighted by atomic mass is 10.1. The highest BCUT2D eigenvalue weighted by Crippen LogP contribution is 2.22. The zero-order valence-electron chi connectivity index (χ0n) is 7.85. The molecular formula is C9H12BClO3. The molecule has 3 nitrogen and oxygen atoms in total. The highest BCUT2D eigenvalue weighted by atomic mass is 35.5. The molecule has 0 radical (unpaired) electrons. The lowest BCUT2D eigenvalue weighted by Gasteiger charge is -2.11. The number of rotatable bonds is 4. The van der Waals surface area contributed by atoms with E-state index in [0.29, 0.717) is 0 Å². The van der Waals surface area contributed by atoms with Crippen LogP contribution in [0.25, 0.3) is 0 Å². The summed E-state index contributed by atoms with van der Waals surface area (Å²) in [5.41, 5.74) is 1.02. The van der Waals surface area contributed by atoms with Crippen LogP contribution in [0.5, 0.6) is 0 Å². The third-order valence-electron chi connectivity index (χ3n) is 1.86. The molecule has 0 heterocycles. The van der Waals surface area contributed by atoms with Crippen LogP contribution >= 0.6 is 11.6 Å². The van der Waals surface area contributed by atoms with Gasteiger partial charge in [-0.05, 0) is 17.5 Å². The molecule has 5 heteroatoms. The molecule has 1 rings (SSSR count). The van der Waals surface area contributed by atoms with E-state index >= 15 is 0 Å². The van der Waals surface area contributed by atoms with Crippen molar-refractivity contribution in [2.24, 2.45) is 0 Å². The third kappa shape index (κ3) is 3.31. The summed E-state index contributed by atoms with van der Waals surface area (Å²) in [7, 11) is -1.84. The fourth-order valence-electron chi connectivity index (χ4n) is 1.14. The number of benzene rings is 1. The molecule has 2 N–H and O–H groups in total. The van der Waals surface area contributed by atoms with Gasteiger partial charge in [-0.3, -0.25) is 0 Å². The van der Waals surface area contributed by atoms with E-state index in [9.17, 15) is 0 Å². The quantitative estimate of drug-likeness (QED) is 0.589. The van der Waals surface area contributed by atoms with E-state index < -0.39 is 12.9 Å². The first kappa shape index (κ1) is 11.5. The van der Waals surface area contributed by atoms with Crippen molar-refractivity contribution in [2.45, 2.75) is 18.9 Å². The summed E-state index contributed by atoms with van der Waals surface area (Å²) < 4.78 is 4.61. The van der Waals surface area contributed by atoms with Crippen LogP contribution in [-0.4, -0.2) is 17.4 Å². The molecule has 0 aliphatic rings. The Morgan fingerprint density at radius 3 is 2.79 bits per heavy atom. The zero-order valence-corrected chi connectivity index (χ0v) is 8.61. The van der Waals surface area contributed by atoms with E-state index in [0.717, 1.165) is 17.5 Å². The second-order valence-electron chi connectivity index (χ2n) is 2.88. The predicted molar refractivity (Wildman–Crippen MR) is 55.7 cm³/mol. The van der Waals surface area contributed by atoms with E-state index in [1.807, 2.05) is 25.1 Å². The van der Waals surface area contributed by atoms with Crippen molar-refractivity contribution in [3.05, 3.63) is 35.4 Å². The first-order valence-electron chi connectivity index (χ1n) is 4.38. The summed E-state index contributed by atoms with van der Waals surface area (Å²) in [5, 5.41) is 17.1. The standard InChI is InChI=1S/C9H12BClO3/c1-2-7-4-3-5-8(6-7)9(11)14-10(12)13/h3-6,9,12-13H,2H2,1H3. The largest absolute Gasteiger partial charge is 0.635 e. The molecule has 0 aromatic heterocycles. The molecule has 0 saturated heterocycles. The molecular weight excluding hydrogens is 202 g/mol. The first-order valence-corrected chi connectivity index (χ1v) is 4.81. The predicted octanol–water partition coefficient (Wildman–Crippen LogP) is 1.47. The maximum Gasteiger partial charge on any atom is 0.635 e. The fraction of sp³-hybridized carbons (Fsp3) is 0.333. The second kappa shape index (κ2) is 5.36. The highest BCUT2D eigenvalue weighted by Gasteiger charge is 2.17. The maximum atomic E-state index is 8.56. The van der Waals surface area contributed by atoms with E-state index in [1.54, 1.807) is 6.07 Å². The van der Waals surface area contributed by atoms with Crippen molar-refractivity contribution in [3.8, 4) is 0 Å². The van der Waals surface area contributed by atoms with E-state index in [1.165, 1.54) is 0 Å². The Labute approximate surface area is 88.5 Å². The van der Waals surface area contributed by atoms with Crippen molar-refractivity contribution in [2.75, 3.05) is 0 Å². The van der Waals surface area contributed by atoms with E-state index in [2.05, 4.69) is 4.65 Å². The van der Waals surface area contributed by atoms with Gasteiger partial charge in [0.2, 0.25) is 0 Å². The summed E-state index contributed by atoms with van der Waals surface area (Å²) >= 11 is 5.79. The summed E-state index contributed by atoms with van der Waals surface area (Å²) in [5.74, 6) is 0. The van der Waals surface area contributed by atoms with Crippen LogP contribution in [0.4, 0.5) is 0 Å². The smallest absolute Gasteiger partial charge is 0.402 e. The van der Waals surface area contributed by atoms with Gasteiger partial charge in [0, 0.05) is 0 Å². The molecule has 1 aromatic rings. The zero-order chi connectivity index (χ0) is 10.6. The Morgan fingerprint density at radius 1 is 1.50 bits per heavy atom. The summed E-state index contributed by atoms with van der Waals surface area (Å²) in [6.45, 7) is 2.03. The second-order valence-corrected chi connectivity index (χ2v) is 3.27. The minimum atomic E-state index is -1.84. The van der Waals surface area contributed by atoms with Crippen LogP contribution in [0, 0.1) is 0 Å². The van der Waals surface area contributed by atoms with Crippen LogP contribution in [-0.2, 0) is 11.1 Å². The number of alkyl halides is 1. The minimum Gasteiger partial charge on any atom is -0.402 e. The molecule has 1 unspecified atom stereocenters. The van der Waals surface area contributed by atoms with Crippen LogP contribution in [0.1, 0.15) is 23.6 Å². The Morgan fingerprint density at radius 2 is 2.21 bits per heavy atom. The maximum absolute atomic E-state index is 8.56. The Balaban J connectivity index is 2.73. The number of hydrogen-bond donors (Lipinski definition) is 2. The van der Waals surface area contributed by atoms with Crippen LogP contribution in [0.3, 0.4) is 0 Å². The molecule has 76 valence electrons. The van der Waals surface area contributed by atoms with Gasteiger partial charge in [-0.2, -0.15) is 0 Å². The number of hydrogen-bond acceptors (Lipinski definition) is 3. The monoisotopic (exact) mass is 214 g/mol. The van der Waals surface area contributed by atoms with Gasteiger partial charge in [-0.15, -0.1) is 0 Å². The Bertz CT molecular complexity index is 293. The van der Waals surface area contributed by atoms with Gasteiger partial charge >= 0.3 is 7.32 Å². The van der Waals surface area contributed by atoms with Gasteiger partial charge in [-0.25, -0.2) is 0 Å². The molecule has 1 atom stereocenters. The van der Waals surface area contributed by atoms with Crippen LogP contribution < -0.4 is 0 Å². The van der Waals surface area contributed by atoms with E-state index in [4.69, 9.17) is 21.6 Å². The number of aryl methyl sites for hydroxylation is 1. The topological polar surface area (TPSA) is 49.7 Å². The average molecular weight is 214 g/mol. The average Bonchev–Trinajstić information content (AvgIpc) is 2.17. The van der Waals surface area contributed by atoms with Gasteiger partial charge in [0.1, 0.15) is 5.56 Å². The van der Waals surface area contributed by atoms with Crippen molar-refractivity contribution in [1.29, 1.82) is 0 Å². The molecule has 0 amide bonds. The van der Waals surface area contributed by atoms with Gasteiger partial charge in [0.05, 0.1) is 0 Å². The summed E-state index contributed by atoms with van der Waals surface area (Å²) in [4.78, 5) is 0. The molecule has 0 aliphatic carbocycles. The first-order chi connectivity index (χ1) is 6.63. The van der Waals surface area contributed by atoms with Gasteiger partial charge < -0.3 is 14.7 Å². The van der Waals surface area contributed by atoms with E-state index in [-0.39, 0.29) is 0 Å². The normalized spacial score (nSPS) is 12.6. The van der Waals surface area contributed by atoms with Gasteiger partial charge in [0.25, 0.3) is 0 Å². The lowest BCUT2D eigenvalue weighted by Crippen LogP contribution is -2.18. The SMILES string of the molecule is CCc1cccc(C(Cl)OB(O)O)c1. The van der Waals surface area contributed by atoms with Crippen molar-refractivity contribution >= 4 is 18.9 Å². The Hall–Kier alpha value is -0.545. The molecule has 14 heavy (non-hydrogen) atoms. The number of halogens is 1. The molecule has 0 bridgehead atoms. The minimum absolute atomic E-state index is 0.721. The molecule has 0 spiro atoms. The third-order valence-corrected chi connectivity index (χ3v) is 2.22. The molecule has 0 aliphatic heterocycles. The van der Waals surface area contributed by atoms with Crippen molar-refractivity contribution in [1.82, 2.24) is 0 Å². The molecule has 0 fully saturated rings. The Kier molecular flexibility index (Phi) is 4.42. The molecule has 0 saturated carbocycles. The highest BCUT2D eigenvalue weighted by molar-refractivity contribution is 6.34. The van der Waals surface area contributed by atoms with Crippen molar-refractivity contribution in [3.63, 3.8) is 0 Å². The van der Waals surface area contributed by atoms with Crippen LogP contribution in [0.15, 0.2) is 24.3 Å². The summed E-state index contributed by atoms with van der Waals surface area (Å²) in [6, 6.07) is 7.48. The van der Waals surface area contributed by atoms with Crippen LogP contribution in [0.2, 0.25) is 0 Å². The van der Waals surface area contributed by atoms with Crippen molar-refractivity contribution < 1.29 is 14.7 Å².